The molecular formula is C12H17N5O4S. The van der Waals surface area contributed by atoms with Crippen LogP contribution in [0, 0.1) is 4.91 Å². The number of aromatic nitrogens is 3. The quantitative estimate of drug-likeness (QED) is 0.814. The van der Waals surface area contributed by atoms with Gasteiger partial charge in [-0.15, -0.1) is 0 Å². The van der Waals surface area contributed by atoms with Crippen molar-refractivity contribution in [1.29, 1.82) is 0 Å². The normalized spacial score (nSPS) is 20.6. The fraction of sp³-hybridized carbons (Fsp3) is 0.583. The number of anilines is 1. The van der Waals surface area contributed by atoms with Crippen molar-refractivity contribution < 1.29 is 4.74 Å². The Bertz CT molecular complexity index is 780. The lowest BCUT2D eigenvalue weighted by Crippen LogP contribution is -2.22. The zero-order chi connectivity index (χ0) is 16.3. The molecule has 1 saturated heterocycles. The maximum absolute atomic E-state index is 12.0. The number of nitrogen functional groups attached to an aromatic ring is 1. The maximum Gasteiger partial charge on any atom is 0.311 e. The number of nitrogens with zero attached hydrogens (tertiary/aromatic N) is 3. The Kier molecular flexibility index (Phi) is 5.03. The molecule has 0 amide bonds. The molecule has 3 rings (SSSR count). The first-order chi connectivity index (χ1) is 10.6. The van der Waals surface area contributed by atoms with E-state index in [1.807, 2.05) is 13.8 Å². The second-order valence-electron chi connectivity index (χ2n) is 4.44. The van der Waals surface area contributed by atoms with Crippen LogP contribution in [0.3, 0.4) is 0 Å². The molecule has 0 radical (unpaired) electrons. The highest BCUT2D eigenvalue weighted by Gasteiger charge is 2.30. The van der Waals surface area contributed by atoms with Crippen LogP contribution in [0.4, 0.5) is 5.95 Å². The fourth-order valence-electron chi connectivity index (χ4n) is 2.29. The highest BCUT2D eigenvalue weighted by molar-refractivity contribution is 7.16. The van der Waals surface area contributed by atoms with E-state index in [2.05, 4.69) is 15.1 Å². The van der Waals surface area contributed by atoms with Crippen molar-refractivity contribution in [1.82, 2.24) is 14.5 Å². The molecule has 1 aliphatic heterocycles. The summed E-state index contributed by atoms with van der Waals surface area (Å²) in [6, 6.07) is 0. The number of hydrogen-bond donors (Lipinski definition) is 2. The largest absolute Gasteiger partial charge is 0.369 e. The first-order valence-electron chi connectivity index (χ1n) is 6.95. The minimum atomic E-state index is -0.545. The fourth-order valence-corrected chi connectivity index (χ4v) is 3.15. The number of rotatable bonds is 3. The molecule has 2 unspecified atom stereocenters. The predicted molar refractivity (Wildman–Crippen MR) is 84.1 cm³/mol. The summed E-state index contributed by atoms with van der Waals surface area (Å²) in [6.45, 7) is 4.05. The summed E-state index contributed by atoms with van der Waals surface area (Å²) in [7, 11) is 0. The maximum atomic E-state index is 12.0. The minimum Gasteiger partial charge on any atom is -0.369 e. The van der Waals surface area contributed by atoms with Crippen molar-refractivity contribution in [2.24, 2.45) is 5.18 Å². The van der Waals surface area contributed by atoms with Gasteiger partial charge in [0, 0.05) is 0 Å². The highest BCUT2D eigenvalue weighted by atomic mass is 32.1. The number of fused-ring (bicyclic) bond motifs is 1. The lowest BCUT2D eigenvalue weighted by molar-refractivity contribution is 0.00782. The molecule has 3 N–H and O–H groups in total. The zero-order valence-corrected chi connectivity index (χ0v) is 13.1. The Morgan fingerprint density at radius 1 is 1.45 bits per heavy atom. The van der Waals surface area contributed by atoms with Crippen LogP contribution in [-0.4, -0.2) is 27.2 Å². The third-order valence-corrected chi connectivity index (χ3v) is 4.09. The summed E-state index contributed by atoms with van der Waals surface area (Å²) in [5.41, 5.74) is 5.27. The number of thiazole rings is 1. The average molecular weight is 327 g/mol. The summed E-state index contributed by atoms with van der Waals surface area (Å²) in [6.07, 6.45) is 0.328. The first kappa shape index (κ1) is 16.3. The number of nitrogens with one attached hydrogen (secondary N) is 1. The smallest absolute Gasteiger partial charge is 0.311 e. The van der Waals surface area contributed by atoms with Gasteiger partial charge in [-0.3, -0.25) is 19.1 Å². The molecule has 0 bridgehead atoms. The predicted octanol–water partition coefficient (Wildman–Crippen LogP) is 1.20. The van der Waals surface area contributed by atoms with Crippen molar-refractivity contribution >= 4 is 27.6 Å². The molecule has 2 aromatic rings. The standard InChI is InChI=1S/C10H11N5O4S.C2H6/c11-9-13-7-6(8(16)14-9)20-10(17)15(7)5-2-1-4(19-5)3-12-18;1-2/h4-5H,1-3H2,(H3,11,13,14,16);1-2H3. The van der Waals surface area contributed by atoms with Crippen LogP contribution in [0.15, 0.2) is 14.8 Å². The van der Waals surface area contributed by atoms with Gasteiger partial charge >= 0.3 is 4.87 Å². The SMILES string of the molecule is CC.Nc1nc2c(sc(=O)n2C2CCC(CN=O)O2)c(=O)[nH]1. The van der Waals surface area contributed by atoms with Gasteiger partial charge in [0.2, 0.25) is 5.95 Å². The van der Waals surface area contributed by atoms with Crippen LogP contribution in [0.1, 0.15) is 32.9 Å². The Balaban J connectivity index is 0.000000847. The monoisotopic (exact) mass is 327 g/mol. The molecule has 2 atom stereocenters. The summed E-state index contributed by atoms with van der Waals surface area (Å²) in [5.74, 6) is -0.0573. The number of aromatic amines is 1. The lowest BCUT2D eigenvalue weighted by atomic mass is 10.2. The van der Waals surface area contributed by atoms with Crippen molar-refractivity contribution in [3.63, 3.8) is 0 Å². The van der Waals surface area contributed by atoms with Crippen LogP contribution in [0.2, 0.25) is 0 Å². The number of nitroso groups, excluding NO2 is 1. The zero-order valence-electron chi connectivity index (χ0n) is 12.2. The van der Waals surface area contributed by atoms with Gasteiger partial charge in [0.05, 0.1) is 6.10 Å². The summed E-state index contributed by atoms with van der Waals surface area (Å²) < 4.78 is 7.13. The average Bonchev–Trinajstić information content (AvgIpc) is 3.05. The molecule has 1 fully saturated rings. The van der Waals surface area contributed by atoms with Crippen molar-refractivity contribution in [2.75, 3.05) is 12.3 Å². The van der Waals surface area contributed by atoms with E-state index >= 15 is 0 Å². The van der Waals surface area contributed by atoms with Crippen LogP contribution in [0.25, 0.3) is 10.3 Å². The van der Waals surface area contributed by atoms with Crippen molar-refractivity contribution in [3.8, 4) is 0 Å². The molecule has 9 nitrogen and oxygen atoms in total. The van der Waals surface area contributed by atoms with Gasteiger partial charge in [-0.05, 0) is 12.8 Å². The molecule has 120 valence electrons. The van der Waals surface area contributed by atoms with E-state index in [-0.39, 0.29) is 33.8 Å². The minimum absolute atomic E-state index is 0.0451. The molecule has 3 heterocycles. The molecular weight excluding hydrogens is 310 g/mol. The van der Waals surface area contributed by atoms with Gasteiger partial charge in [0.1, 0.15) is 17.5 Å². The van der Waals surface area contributed by atoms with E-state index in [0.717, 1.165) is 11.3 Å². The number of nitrogens with two attached hydrogens (primary N) is 1. The van der Waals surface area contributed by atoms with Crippen LogP contribution in [0.5, 0.6) is 0 Å². The molecule has 0 saturated carbocycles. The van der Waals surface area contributed by atoms with E-state index in [1.165, 1.54) is 4.57 Å². The Morgan fingerprint density at radius 2 is 2.18 bits per heavy atom. The third kappa shape index (κ3) is 2.92. The van der Waals surface area contributed by atoms with Crippen LogP contribution in [-0.2, 0) is 4.74 Å². The second kappa shape index (κ2) is 6.79. The molecule has 10 heteroatoms. The summed E-state index contributed by atoms with van der Waals surface area (Å²) in [5, 5.41) is 2.80. The van der Waals surface area contributed by atoms with Crippen molar-refractivity contribution in [3.05, 3.63) is 24.9 Å². The Labute approximate surface area is 129 Å². The lowest BCUT2D eigenvalue weighted by Gasteiger charge is -2.12. The van der Waals surface area contributed by atoms with Crippen LogP contribution >= 0.6 is 11.3 Å². The van der Waals surface area contributed by atoms with Gasteiger partial charge in [0.15, 0.2) is 5.65 Å². The van der Waals surface area contributed by atoms with E-state index in [4.69, 9.17) is 10.5 Å². The molecule has 0 spiro atoms. The highest BCUT2D eigenvalue weighted by Crippen LogP contribution is 2.30. The second-order valence-corrected chi connectivity index (χ2v) is 5.41. The molecule has 2 aromatic heterocycles. The van der Waals surface area contributed by atoms with E-state index in [9.17, 15) is 14.5 Å². The third-order valence-electron chi connectivity index (χ3n) is 3.14. The summed E-state index contributed by atoms with van der Waals surface area (Å²) >= 11 is 0.796. The molecule has 22 heavy (non-hydrogen) atoms. The topological polar surface area (TPSA) is 132 Å². The van der Waals surface area contributed by atoms with E-state index in [1.54, 1.807) is 0 Å². The Morgan fingerprint density at radius 3 is 2.86 bits per heavy atom. The van der Waals surface area contributed by atoms with Gasteiger partial charge in [0.25, 0.3) is 5.56 Å². The molecule has 0 aliphatic carbocycles. The van der Waals surface area contributed by atoms with Gasteiger partial charge in [-0.2, -0.15) is 9.89 Å². The number of H-pyrrole nitrogens is 1. The van der Waals surface area contributed by atoms with Crippen LogP contribution < -0.4 is 16.2 Å². The van der Waals surface area contributed by atoms with Crippen molar-refractivity contribution in [2.45, 2.75) is 39.0 Å². The Hall–Kier alpha value is -2.07. The number of ether oxygens (including phenoxy) is 1. The molecule has 0 aromatic carbocycles. The van der Waals surface area contributed by atoms with Gasteiger partial charge in [-0.1, -0.05) is 30.4 Å². The van der Waals surface area contributed by atoms with E-state index in [0.29, 0.717) is 12.8 Å². The first-order valence-corrected chi connectivity index (χ1v) is 7.77. The van der Waals surface area contributed by atoms with Gasteiger partial charge < -0.3 is 10.5 Å². The van der Waals surface area contributed by atoms with Gasteiger partial charge in [-0.25, -0.2) is 0 Å². The van der Waals surface area contributed by atoms with E-state index < -0.39 is 11.8 Å². The molecule has 1 aliphatic rings. The summed E-state index contributed by atoms with van der Waals surface area (Å²) in [4.78, 5) is 40.0. The number of hydrogen-bond acceptors (Lipinski definition) is 8.